The monoisotopic (exact) mass is 305 g/mol. The van der Waals surface area contributed by atoms with Crippen molar-refractivity contribution in [2.75, 3.05) is 19.7 Å². The summed E-state index contributed by atoms with van der Waals surface area (Å²) in [4.78, 5) is 18.8. The number of nitrogens with zero attached hydrogens (tertiary/aromatic N) is 2. The van der Waals surface area contributed by atoms with Crippen LogP contribution in [-0.2, 0) is 4.74 Å². The second-order valence-electron chi connectivity index (χ2n) is 6.15. The second kappa shape index (κ2) is 8.13. The Kier molecular flexibility index (Phi) is 6.19. The van der Waals surface area contributed by atoms with E-state index in [4.69, 9.17) is 4.74 Å². The van der Waals surface area contributed by atoms with Crippen LogP contribution in [0.3, 0.4) is 0 Å². The van der Waals surface area contributed by atoms with Crippen molar-refractivity contribution in [3.63, 3.8) is 0 Å². The largest absolute Gasteiger partial charge is 0.375 e. The molecular weight excluding hydrogens is 278 g/mol. The number of ether oxygens (including phenoxy) is 1. The Balaban J connectivity index is 1.99. The Morgan fingerprint density at radius 1 is 1.50 bits per heavy atom. The summed E-state index contributed by atoms with van der Waals surface area (Å²) in [5.41, 5.74) is 0.907. The molecule has 2 heterocycles. The van der Waals surface area contributed by atoms with Crippen molar-refractivity contribution in [1.82, 2.24) is 15.2 Å². The van der Waals surface area contributed by atoms with Crippen molar-refractivity contribution in [1.29, 1.82) is 0 Å². The topological polar surface area (TPSA) is 54.5 Å². The first-order valence-electron chi connectivity index (χ1n) is 8.19. The maximum Gasteiger partial charge on any atom is 0.318 e. The number of morpholine rings is 1. The number of carbonyl (C=O) groups is 1. The molecule has 0 aliphatic carbocycles. The van der Waals surface area contributed by atoms with Gasteiger partial charge in [0.15, 0.2) is 0 Å². The number of rotatable bonds is 5. The van der Waals surface area contributed by atoms with Crippen molar-refractivity contribution in [2.45, 2.75) is 45.8 Å². The highest BCUT2D eigenvalue weighted by Gasteiger charge is 2.27. The van der Waals surface area contributed by atoms with Gasteiger partial charge in [0.2, 0.25) is 0 Å². The number of aromatic nitrogens is 1. The van der Waals surface area contributed by atoms with Gasteiger partial charge in [0, 0.05) is 19.3 Å². The molecule has 1 aromatic rings. The van der Waals surface area contributed by atoms with Gasteiger partial charge in [-0.05, 0) is 24.5 Å². The average Bonchev–Trinajstić information content (AvgIpc) is 2.53. The van der Waals surface area contributed by atoms with Crippen LogP contribution in [-0.4, -0.2) is 41.7 Å². The molecule has 1 N–H and O–H groups in total. The van der Waals surface area contributed by atoms with E-state index in [2.05, 4.69) is 31.1 Å². The highest BCUT2D eigenvalue weighted by molar-refractivity contribution is 5.74. The Morgan fingerprint density at radius 3 is 2.95 bits per heavy atom. The molecule has 22 heavy (non-hydrogen) atoms. The summed E-state index contributed by atoms with van der Waals surface area (Å²) in [6.07, 6.45) is 4.00. The molecule has 1 aliphatic rings. The van der Waals surface area contributed by atoms with Gasteiger partial charge < -0.3 is 15.0 Å². The lowest BCUT2D eigenvalue weighted by Crippen LogP contribution is -2.50. The molecule has 1 aliphatic heterocycles. The molecule has 0 aromatic carbocycles. The molecule has 0 spiro atoms. The van der Waals surface area contributed by atoms with E-state index in [0.29, 0.717) is 19.7 Å². The number of pyridine rings is 1. The third-order valence-corrected chi connectivity index (χ3v) is 3.99. The fraction of sp³-hybridized carbons (Fsp3) is 0.647. The minimum absolute atomic E-state index is 0.0197. The predicted molar refractivity (Wildman–Crippen MR) is 86.6 cm³/mol. The van der Waals surface area contributed by atoms with E-state index in [1.165, 1.54) is 0 Å². The number of hydrogen-bond donors (Lipinski definition) is 1. The second-order valence-corrected chi connectivity index (χ2v) is 6.15. The predicted octanol–water partition coefficient (Wildman–Crippen LogP) is 2.99. The number of urea groups is 1. The molecule has 1 aromatic heterocycles. The minimum Gasteiger partial charge on any atom is -0.375 e. The van der Waals surface area contributed by atoms with Crippen LogP contribution in [0.4, 0.5) is 4.79 Å². The molecule has 0 radical (unpaired) electrons. The first-order chi connectivity index (χ1) is 10.6. The number of hydrogen-bond acceptors (Lipinski definition) is 3. The van der Waals surface area contributed by atoms with Crippen molar-refractivity contribution in [3.8, 4) is 0 Å². The van der Waals surface area contributed by atoms with Crippen molar-refractivity contribution in [2.24, 2.45) is 5.92 Å². The molecule has 1 fully saturated rings. The molecule has 0 unspecified atom stereocenters. The van der Waals surface area contributed by atoms with Gasteiger partial charge in [-0.25, -0.2) is 4.79 Å². The number of amides is 2. The van der Waals surface area contributed by atoms with Crippen molar-refractivity contribution < 1.29 is 9.53 Å². The Morgan fingerprint density at radius 2 is 2.32 bits per heavy atom. The summed E-state index contributed by atoms with van der Waals surface area (Å²) >= 11 is 0. The molecule has 2 atom stereocenters. The van der Waals surface area contributed by atoms with Crippen LogP contribution < -0.4 is 5.32 Å². The van der Waals surface area contributed by atoms with Gasteiger partial charge in [0.25, 0.3) is 0 Å². The third kappa shape index (κ3) is 4.44. The van der Waals surface area contributed by atoms with Crippen molar-refractivity contribution >= 4 is 6.03 Å². The van der Waals surface area contributed by atoms with E-state index in [-0.39, 0.29) is 24.1 Å². The Hall–Kier alpha value is -1.62. The Bertz CT molecular complexity index is 462. The van der Waals surface area contributed by atoms with Gasteiger partial charge in [-0.3, -0.25) is 4.98 Å². The molecule has 0 saturated carbocycles. The lowest BCUT2D eigenvalue weighted by atomic mass is 10.0. The highest BCUT2D eigenvalue weighted by Crippen LogP contribution is 2.20. The van der Waals surface area contributed by atoms with Crippen molar-refractivity contribution in [3.05, 3.63) is 30.1 Å². The third-order valence-electron chi connectivity index (χ3n) is 3.99. The molecular formula is C17H27N3O2. The minimum atomic E-state index is -0.0684. The smallest absolute Gasteiger partial charge is 0.318 e. The highest BCUT2D eigenvalue weighted by atomic mass is 16.5. The number of carbonyl (C=O) groups excluding carboxylic acids is 1. The summed E-state index contributed by atoms with van der Waals surface area (Å²) in [6, 6.07) is 5.72. The Labute approximate surface area is 133 Å². The first-order valence-corrected chi connectivity index (χ1v) is 8.19. The lowest BCUT2D eigenvalue weighted by Gasteiger charge is -2.34. The standard InChI is InChI=1S/C17H27N3O2/c1-4-7-14-12-20(10-11-22-14)17(21)19-16(13(2)3)15-8-5-6-9-18-15/h5-6,8-9,13-14,16H,4,7,10-12H2,1-3H3,(H,19,21)/t14-,16+/m1/s1. The normalized spacial score (nSPS) is 20.0. The van der Waals surface area contributed by atoms with E-state index in [1.54, 1.807) is 6.20 Å². The van der Waals surface area contributed by atoms with Gasteiger partial charge >= 0.3 is 6.03 Å². The molecule has 5 heteroatoms. The molecule has 0 bridgehead atoms. The summed E-state index contributed by atoms with van der Waals surface area (Å²) in [7, 11) is 0. The van der Waals surface area contributed by atoms with Gasteiger partial charge in [-0.15, -0.1) is 0 Å². The molecule has 122 valence electrons. The fourth-order valence-electron chi connectivity index (χ4n) is 2.77. The van der Waals surface area contributed by atoms with Gasteiger partial charge in [0.05, 0.1) is 24.4 Å². The van der Waals surface area contributed by atoms with Crippen LogP contribution in [0, 0.1) is 5.92 Å². The molecule has 2 amide bonds. The molecule has 5 nitrogen and oxygen atoms in total. The van der Waals surface area contributed by atoms with E-state index in [0.717, 1.165) is 18.5 Å². The SMILES string of the molecule is CCC[C@@H]1CN(C(=O)N[C@H](c2ccccn2)C(C)C)CCO1. The quantitative estimate of drug-likeness (QED) is 0.910. The maximum atomic E-state index is 12.6. The fourth-order valence-corrected chi connectivity index (χ4v) is 2.77. The van der Waals surface area contributed by atoms with Gasteiger partial charge in [-0.1, -0.05) is 33.3 Å². The van der Waals surface area contributed by atoms with Crippen LogP contribution in [0.1, 0.15) is 45.3 Å². The van der Waals surface area contributed by atoms with Crippen LogP contribution in [0.25, 0.3) is 0 Å². The van der Waals surface area contributed by atoms with Gasteiger partial charge in [-0.2, -0.15) is 0 Å². The van der Waals surface area contributed by atoms with Crippen LogP contribution in [0.5, 0.6) is 0 Å². The lowest BCUT2D eigenvalue weighted by molar-refractivity contribution is -0.0186. The average molecular weight is 305 g/mol. The van der Waals surface area contributed by atoms with Crippen LogP contribution in [0.2, 0.25) is 0 Å². The summed E-state index contributed by atoms with van der Waals surface area (Å²) in [6.45, 7) is 8.27. The zero-order valence-corrected chi connectivity index (χ0v) is 13.8. The summed E-state index contributed by atoms with van der Waals surface area (Å²) in [5.74, 6) is 0.284. The first kappa shape index (κ1) is 16.7. The number of nitrogens with one attached hydrogen (secondary N) is 1. The van der Waals surface area contributed by atoms with E-state index < -0.39 is 0 Å². The van der Waals surface area contributed by atoms with Crippen LogP contribution in [0.15, 0.2) is 24.4 Å². The maximum absolute atomic E-state index is 12.6. The summed E-state index contributed by atoms with van der Waals surface area (Å²) < 4.78 is 5.70. The molecule has 2 rings (SSSR count). The van der Waals surface area contributed by atoms with E-state index in [9.17, 15) is 4.79 Å². The van der Waals surface area contributed by atoms with Crippen LogP contribution >= 0.6 is 0 Å². The summed E-state index contributed by atoms with van der Waals surface area (Å²) in [5, 5.41) is 3.13. The van der Waals surface area contributed by atoms with E-state index >= 15 is 0 Å². The zero-order valence-electron chi connectivity index (χ0n) is 13.8. The van der Waals surface area contributed by atoms with E-state index in [1.807, 2.05) is 23.1 Å². The zero-order chi connectivity index (χ0) is 15.9. The molecule has 1 saturated heterocycles. The van der Waals surface area contributed by atoms with Gasteiger partial charge in [0.1, 0.15) is 0 Å².